The van der Waals surface area contributed by atoms with E-state index in [-0.39, 0.29) is 5.56 Å². The third-order valence-corrected chi connectivity index (χ3v) is 4.74. The normalized spacial score (nSPS) is 17.8. The van der Waals surface area contributed by atoms with Crippen molar-refractivity contribution in [3.63, 3.8) is 0 Å². The van der Waals surface area contributed by atoms with Gasteiger partial charge in [-0.15, -0.1) is 0 Å². The van der Waals surface area contributed by atoms with E-state index in [1.807, 2.05) is 0 Å². The highest BCUT2D eigenvalue weighted by Gasteiger charge is 2.18. The molecular formula is C13H17NO3S. The average molecular weight is 267 g/mol. The summed E-state index contributed by atoms with van der Waals surface area (Å²) in [6.07, 6.45) is 6.22. The molecule has 0 aliphatic heterocycles. The van der Waals surface area contributed by atoms with Gasteiger partial charge in [-0.1, -0.05) is 12.8 Å². The van der Waals surface area contributed by atoms with Crippen LogP contribution in [0.4, 0.5) is 0 Å². The largest absolute Gasteiger partial charge is 0.478 e. The van der Waals surface area contributed by atoms with E-state index in [1.165, 1.54) is 37.9 Å². The first-order valence-electron chi connectivity index (χ1n) is 6.18. The molecule has 1 N–H and O–H groups in total. The molecule has 0 aromatic carbocycles. The molecule has 1 aromatic heterocycles. The maximum Gasteiger partial charge on any atom is 0.337 e. The van der Waals surface area contributed by atoms with E-state index in [4.69, 9.17) is 5.11 Å². The van der Waals surface area contributed by atoms with Crippen LogP contribution in [-0.4, -0.2) is 26.0 Å². The van der Waals surface area contributed by atoms with Crippen molar-refractivity contribution < 1.29 is 14.1 Å². The minimum absolute atomic E-state index is 0.167. The first kappa shape index (κ1) is 13.2. The predicted molar refractivity (Wildman–Crippen MR) is 69.9 cm³/mol. The summed E-state index contributed by atoms with van der Waals surface area (Å²) in [4.78, 5) is 14.7. The number of rotatable bonds is 5. The molecule has 0 bridgehead atoms. The van der Waals surface area contributed by atoms with Crippen LogP contribution in [-0.2, 0) is 16.6 Å². The van der Waals surface area contributed by atoms with Crippen molar-refractivity contribution in [2.75, 3.05) is 5.75 Å². The van der Waals surface area contributed by atoms with E-state index in [9.17, 15) is 9.00 Å². The molecule has 0 spiro atoms. The summed E-state index contributed by atoms with van der Waals surface area (Å²) in [6.45, 7) is 0. The Morgan fingerprint density at radius 1 is 1.39 bits per heavy atom. The van der Waals surface area contributed by atoms with Gasteiger partial charge in [-0.2, -0.15) is 0 Å². The molecule has 0 saturated heterocycles. The van der Waals surface area contributed by atoms with Crippen LogP contribution < -0.4 is 0 Å². The zero-order chi connectivity index (χ0) is 13.0. The van der Waals surface area contributed by atoms with Crippen LogP contribution in [0.2, 0.25) is 0 Å². The number of carboxylic acids is 1. The minimum Gasteiger partial charge on any atom is -0.478 e. The zero-order valence-electron chi connectivity index (χ0n) is 10.2. The van der Waals surface area contributed by atoms with E-state index in [0.717, 1.165) is 5.75 Å². The molecule has 18 heavy (non-hydrogen) atoms. The molecule has 1 atom stereocenters. The van der Waals surface area contributed by atoms with Gasteiger partial charge in [-0.25, -0.2) is 4.79 Å². The van der Waals surface area contributed by atoms with Gasteiger partial charge < -0.3 is 5.11 Å². The molecule has 0 amide bonds. The fourth-order valence-electron chi connectivity index (χ4n) is 2.30. The van der Waals surface area contributed by atoms with Crippen molar-refractivity contribution >= 4 is 16.8 Å². The number of carbonyl (C=O) groups is 1. The second kappa shape index (κ2) is 6.09. The molecule has 4 nitrogen and oxygen atoms in total. The Hall–Kier alpha value is -1.23. The molecule has 1 unspecified atom stereocenters. The maximum atomic E-state index is 11.9. The SMILES string of the molecule is O=C(O)c1ccc(CS(=O)CC2CCCC2)nc1. The minimum atomic E-state index is -0.985. The number of aromatic carboxylic acids is 1. The summed E-state index contributed by atoms with van der Waals surface area (Å²) < 4.78 is 11.9. The van der Waals surface area contributed by atoms with Gasteiger partial charge in [0.2, 0.25) is 0 Å². The molecule has 1 saturated carbocycles. The van der Waals surface area contributed by atoms with Crippen molar-refractivity contribution in [3.8, 4) is 0 Å². The molecule has 98 valence electrons. The summed E-state index contributed by atoms with van der Waals surface area (Å²) in [6, 6.07) is 3.16. The second-order valence-corrected chi connectivity index (χ2v) is 6.25. The smallest absolute Gasteiger partial charge is 0.337 e. The summed E-state index contributed by atoms with van der Waals surface area (Å²) in [7, 11) is -0.888. The Labute approximate surface area is 109 Å². The van der Waals surface area contributed by atoms with Crippen molar-refractivity contribution in [1.82, 2.24) is 4.98 Å². The third-order valence-electron chi connectivity index (χ3n) is 3.28. The lowest BCUT2D eigenvalue weighted by Crippen LogP contribution is -2.10. The standard InChI is InChI=1S/C13H17NO3S/c15-13(16)11-5-6-12(14-7-11)9-18(17)8-10-3-1-2-4-10/h5-7,10H,1-4,8-9H2,(H,15,16). The fourth-order valence-corrected chi connectivity index (χ4v) is 3.78. The molecule has 1 aliphatic carbocycles. The molecule has 1 aromatic rings. The Morgan fingerprint density at radius 3 is 2.67 bits per heavy atom. The van der Waals surface area contributed by atoms with Crippen molar-refractivity contribution in [1.29, 1.82) is 0 Å². The summed E-state index contributed by atoms with van der Waals surface area (Å²) >= 11 is 0. The number of hydrogen-bond donors (Lipinski definition) is 1. The number of hydrogen-bond acceptors (Lipinski definition) is 3. The van der Waals surface area contributed by atoms with Gasteiger partial charge in [0.25, 0.3) is 0 Å². The fraction of sp³-hybridized carbons (Fsp3) is 0.538. The maximum absolute atomic E-state index is 11.9. The van der Waals surface area contributed by atoms with E-state index in [1.54, 1.807) is 6.07 Å². The highest BCUT2D eigenvalue weighted by atomic mass is 32.2. The van der Waals surface area contributed by atoms with Crippen LogP contribution in [0, 0.1) is 5.92 Å². The van der Waals surface area contributed by atoms with E-state index in [2.05, 4.69) is 4.98 Å². The Bertz CT molecular complexity index is 438. The summed E-state index contributed by atoms with van der Waals surface area (Å²) in [5.41, 5.74) is 0.872. The van der Waals surface area contributed by atoms with Gasteiger partial charge in [0.1, 0.15) is 0 Å². The molecular weight excluding hydrogens is 250 g/mol. The van der Waals surface area contributed by atoms with E-state index in [0.29, 0.717) is 17.4 Å². The number of pyridine rings is 1. The monoisotopic (exact) mass is 267 g/mol. The van der Waals surface area contributed by atoms with Crippen LogP contribution in [0.5, 0.6) is 0 Å². The van der Waals surface area contributed by atoms with Gasteiger partial charge in [-0.3, -0.25) is 9.19 Å². The van der Waals surface area contributed by atoms with Gasteiger partial charge >= 0.3 is 5.97 Å². The topological polar surface area (TPSA) is 67.3 Å². The van der Waals surface area contributed by atoms with Crippen LogP contribution in [0.1, 0.15) is 41.7 Å². The Kier molecular flexibility index (Phi) is 4.47. The molecule has 1 fully saturated rings. The highest BCUT2D eigenvalue weighted by molar-refractivity contribution is 7.84. The van der Waals surface area contributed by atoms with Crippen LogP contribution in [0.15, 0.2) is 18.3 Å². The lowest BCUT2D eigenvalue weighted by Gasteiger charge is -2.08. The van der Waals surface area contributed by atoms with Crippen LogP contribution >= 0.6 is 0 Å². The molecule has 1 heterocycles. The van der Waals surface area contributed by atoms with Crippen molar-refractivity contribution in [2.45, 2.75) is 31.4 Å². The van der Waals surface area contributed by atoms with Gasteiger partial charge in [-0.05, 0) is 30.9 Å². The average Bonchev–Trinajstić information content (AvgIpc) is 2.82. The molecule has 0 radical (unpaired) electrons. The van der Waals surface area contributed by atoms with Crippen LogP contribution in [0.3, 0.4) is 0 Å². The number of nitrogens with zero attached hydrogens (tertiary/aromatic N) is 1. The van der Waals surface area contributed by atoms with Crippen molar-refractivity contribution in [2.24, 2.45) is 5.92 Å². The van der Waals surface area contributed by atoms with E-state index < -0.39 is 16.8 Å². The first-order chi connectivity index (χ1) is 8.65. The van der Waals surface area contributed by atoms with E-state index >= 15 is 0 Å². The molecule has 1 aliphatic rings. The van der Waals surface area contributed by atoms with Crippen LogP contribution in [0.25, 0.3) is 0 Å². The van der Waals surface area contributed by atoms with Gasteiger partial charge in [0.15, 0.2) is 0 Å². The first-order valence-corrected chi connectivity index (χ1v) is 7.67. The molecule has 2 rings (SSSR count). The predicted octanol–water partition coefficient (Wildman–Crippen LogP) is 2.22. The van der Waals surface area contributed by atoms with Crippen molar-refractivity contribution in [3.05, 3.63) is 29.6 Å². The Morgan fingerprint density at radius 2 is 2.11 bits per heavy atom. The highest BCUT2D eigenvalue weighted by Crippen LogP contribution is 2.25. The third kappa shape index (κ3) is 3.63. The van der Waals surface area contributed by atoms with Gasteiger partial charge in [0, 0.05) is 22.7 Å². The lowest BCUT2D eigenvalue weighted by molar-refractivity contribution is 0.0696. The summed E-state index contributed by atoms with van der Waals surface area (Å²) in [5.74, 6) is 0.795. The second-order valence-electron chi connectivity index (χ2n) is 4.74. The zero-order valence-corrected chi connectivity index (χ0v) is 11.0. The Balaban J connectivity index is 1.88. The molecule has 5 heteroatoms. The number of aromatic nitrogens is 1. The quantitative estimate of drug-likeness (QED) is 0.888. The number of carboxylic acid groups (broad SMARTS) is 1. The summed E-state index contributed by atoms with van der Waals surface area (Å²) in [5, 5.41) is 8.75. The van der Waals surface area contributed by atoms with Gasteiger partial charge in [0.05, 0.1) is 17.0 Å². The lowest BCUT2D eigenvalue weighted by atomic mass is 10.1.